The van der Waals surface area contributed by atoms with Crippen LogP contribution in [-0.4, -0.2) is 19.9 Å². The monoisotopic (exact) mass is 404 g/mol. The first-order valence-electron chi connectivity index (χ1n) is 8.99. The maximum Gasteiger partial charge on any atom is 0.255 e. The van der Waals surface area contributed by atoms with Gasteiger partial charge in [0.05, 0.1) is 5.69 Å². The van der Waals surface area contributed by atoms with Crippen LogP contribution in [0.25, 0.3) is 11.3 Å². The largest absolute Gasteiger partial charge is 0.301 e. The van der Waals surface area contributed by atoms with Gasteiger partial charge in [0.25, 0.3) is 5.56 Å². The molecule has 0 aliphatic rings. The van der Waals surface area contributed by atoms with E-state index in [0.717, 1.165) is 16.7 Å². The summed E-state index contributed by atoms with van der Waals surface area (Å²) < 4.78 is 13.1. The summed E-state index contributed by atoms with van der Waals surface area (Å²) in [6.07, 6.45) is 5.23. The minimum atomic E-state index is -0.272. The Kier molecular flexibility index (Phi) is 5.76. The van der Waals surface area contributed by atoms with Gasteiger partial charge in [-0.1, -0.05) is 54.2 Å². The van der Waals surface area contributed by atoms with E-state index in [1.807, 2.05) is 30.3 Å². The lowest BCUT2D eigenvalue weighted by Gasteiger charge is -2.10. The fourth-order valence-corrected chi connectivity index (χ4v) is 3.72. The van der Waals surface area contributed by atoms with E-state index in [1.165, 1.54) is 30.2 Å². The fraction of sp³-hybridized carbons (Fsp3) is 0.0909. The van der Waals surface area contributed by atoms with E-state index in [9.17, 15) is 9.18 Å². The molecule has 0 fully saturated rings. The maximum atomic E-state index is 13.1. The molecular weight excluding hydrogens is 387 g/mol. The van der Waals surface area contributed by atoms with Crippen LogP contribution in [0.15, 0.2) is 83.3 Å². The molecular formula is C22H17FN4OS. The number of hydrogen-bond acceptors (Lipinski definition) is 5. The number of aromatic amines is 1. The molecule has 2 aromatic heterocycles. The van der Waals surface area contributed by atoms with Crippen LogP contribution in [0.2, 0.25) is 0 Å². The molecule has 0 saturated heterocycles. The molecule has 0 aliphatic carbocycles. The molecule has 144 valence electrons. The summed E-state index contributed by atoms with van der Waals surface area (Å²) >= 11 is 1.40. The van der Waals surface area contributed by atoms with Crippen LogP contribution in [0.1, 0.15) is 16.7 Å². The van der Waals surface area contributed by atoms with E-state index in [0.29, 0.717) is 28.6 Å². The van der Waals surface area contributed by atoms with Gasteiger partial charge in [0, 0.05) is 35.7 Å². The standard InChI is InChI=1S/C22H17FN4OS/c23-18-8-6-15(7-9-18)13-29-22-26-20(17-4-2-1-3-5-17)19(21(28)27-22)10-16-11-24-14-25-12-16/h1-9,11-12,14H,10,13H2,(H,26,27,28). The third kappa shape index (κ3) is 4.75. The van der Waals surface area contributed by atoms with Gasteiger partial charge in [-0.25, -0.2) is 19.3 Å². The van der Waals surface area contributed by atoms with Gasteiger partial charge in [0.1, 0.15) is 12.1 Å². The van der Waals surface area contributed by atoms with Crippen LogP contribution < -0.4 is 5.56 Å². The van der Waals surface area contributed by atoms with Crippen molar-refractivity contribution in [2.75, 3.05) is 0 Å². The van der Waals surface area contributed by atoms with E-state index < -0.39 is 0 Å². The van der Waals surface area contributed by atoms with Crippen molar-refractivity contribution in [1.29, 1.82) is 0 Å². The third-order valence-corrected chi connectivity index (χ3v) is 5.27. The second kappa shape index (κ2) is 8.79. The molecule has 4 aromatic rings. The number of thioether (sulfide) groups is 1. The third-order valence-electron chi connectivity index (χ3n) is 4.32. The van der Waals surface area contributed by atoms with E-state index in [1.54, 1.807) is 24.5 Å². The van der Waals surface area contributed by atoms with Gasteiger partial charge >= 0.3 is 0 Å². The number of H-pyrrole nitrogens is 1. The molecule has 2 aromatic carbocycles. The minimum Gasteiger partial charge on any atom is -0.301 e. The Morgan fingerprint density at radius 3 is 2.38 bits per heavy atom. The molecule has 0 bridgehead atoms. The van der Waals surface area contributed by atoms with Crippen molar-refractivity contribution in [3.63, 3.8) is 0 Å². The highest BCUT2D eigenvalue weighted by Crippen LogP contribution is 2.25. The van der Waals surface area contributed by atoms with Gasteiger partial charge in [-0.2, -0.15) is 0 Å². The second-order valence-corrected chi connectivity index (χ2v) is 7.37. The summed E-state index contributed by atoms with van der Waals surface area (Å²) in [5.74, 6) is 0.300. The Balaban J connectivity index is 1.68. The molecule has 1 N–H and O–H groups in total. The van der Waals surface area contributed by atoms with Crippen molar-refractivity contribution in [1.82, 2.24) is 19.9 Å². The lowest BCUT2D eigenvalue weighted by Crippen LogP contribution is -2.17. The summed E-state index contributed by atoms with van der Waals surface area (Å²) in [6, 6.07) is 15.9. The van der Waals surface area contributed by atoms with E-state index in [4.69, 9.17) is 4.98 Å². The van der Waals surface area contributed by atoms with Gasteiger partial charge in [0.15, 0.2) is 5.16 Å². The molecule has 0 aliphatic heterocycles. The molecule has 0 spiro atoms. The summed E-state index contributed by atoms with van der Waals surface area (Å²) in [6.45, 7) is 0. The number of nitrogens with one attached hydrogen (secondary N) is 1. The van der Waals surface area contributed by atoms with Crippen molar-refractivity contribution >= 4 is 11.8 Å². The average molecular weight is 404 g/mol. The van der Waals surface area contributed by atoms with Crippen LogP contribution in [0, 0.1) is 5.82 Å². The zero-order chi connectivity index (χ0) is 20.1. The van der Waals surface area contributed by atoms with E-state index in [2.05, 4.69) is 15.0 Å². The zero-order valence-electron chi connectivity index (χ0n) is 15.4. The molecule has 29 heavy (non-hydrogen) atoms. The highest BCUT2D eigenvalue weighted by atomic mass is 32.2. The predicted octanol–water partition coefficient (Wildman–Crippen LogP) is 4.25. The number of benzene rings is 2. The van der Waals surface area contributed by atoms with Crippen molar-refractivity contribution in [3.8, 4) is 11.3 Å². The molecule has 5 nitrogen and oxygen atoms in total. The number of nitrogens with zero attached hydrogens (tertiary/aromatic N) is 3. The summed E-state index contributed by atoms with van der Waals surface area (Å²) in [5.41, 5.74) is 3.67. The molecule has 7 heteroatoms. The highest BCUT2D eigenvalue weighted by molar-refractivity contribution is 7.98. The minimum absolute atomic E-state index is 0.190. The summed E-state index contributed by atoms with van der Waals surface area (Å²) in [4.78, 5) is 28.5. The Morgan fingerprint density at radius 1 is 0.931 bits per heavy atom. The predicted molar refractivity (Wildman–Crippen MR) is 111 cm³/mol. The molecule has 0 atom stereocenters. The van der Waals surface area contributed by atoms with Crippen LogP contribution >= 0.6 is 11.8 Å². The van der Waals surface area contributed by atoms with E-state index in [-0.39, 0.29) is 11.4 Å². The first kappa shape index (κ1) is 19.0. The smallest absolute Gasteiger partial charge is 0.255 e. The van der Waals surface area contributed by atoms with Crippen LogP contribution in [0.4, 0.5) is 4.39 Å². The van der Waals surface area contributed by atoms with Crippen molar-refractivity contribution in [3.05, 3.63) is 106 Å². The number of rotatable bonds is 6. The van der Waals surface area contributed by atoms with E-state index >= 15 is 0 Å². The molecule has 0 unspecified atom stereocenters. The first-order chi connectivity index (χ1) is 14.2. The molecule has 4 rings (SSSR count). The van der Waals surface area contributed by atoms with Gasteiger partial charge in [-0.15, -0.1) is 0 Å². The fourth-order valence-electron chi connectivity index (χ4n) is 2.90. The normalized spacial score (nSPS) is 10.8. The Morgan fingerprint density at radius 2 is 1.66 bits per heavy atom. The highest BCUT2D eigenvalue weighted by Gasteiger charge is 2.15. The zero-order valence-corrected chi connectivity index (χ0v) is 16.2. The van der Waals surface area contributed by atoms with Crippen LogP contribution in [-0.2, 0) is 12.2 Å². The number of hydrogen-bond donors (Lipinski definition) is 1. The first-order valence-corrected chi connectivity index (χ1v) is 9.97. The Hall–Kier alpha value is -3.32. The lowest BCUT2D eigenvalue weighted by molar-refractivity contribution is 0.627. The van der Waals surface area contributed by atoms with Crippen molar-refractivity contribution in [2.45, 2.75) is 17.3 Å². The summed E-state index contributed by atoms with van der Waals surface area (Å²) in [7, 11) is 0. The van der Waals surface area contributed by atoms with Gasteiger partial charge in [0.2, 0.25) is 0 Å². The number of aromatic nitrogens is 4. The number of halogens is 1. The molecule has 0 radical (unpaired) electrons. The van der Waals surface area contributed by atoms with Gasteiger partial charge in [-0.05, 0) is 23.3 Å². The molecule has 0 saturated carbocycles. The molecule has 2 heterocycles. The molecule has 0 amide bonds. The average Bonchev–Trinajstić information content (AvgIpc) is 2.76. The Bertz CT molecular complexity index is 1150. The van der Waals surface area contributed by atoms with Crippen molar-refractivity contribution < 1.29 is 4.39 Å². The van der Waals surface area contributed by atoms with Gasteiger partial charge in [-0.3, -0.25) is 4.79 Å². The van der Waals surface area contributed by atoms with Gasteiger partial charge < -0.3 is 4.98 Å². The Labute approximate surface area is 171 Å². The SMILES string of the molecule is O=c1[nH]c(SCc2ccc(F)cc2)nc(-c2ccccc2)c1Cc1cncnc1. The lowest BCUT2D eigenvalue weighted by atomic mass is 10.0. The topological polar surface area (TPSA) is 71.5 Å². The maximum absolute atomic E-state index is 13.1. The summed E-state index contributed by atoms with van der Waals surface area (Å²) in [5, 5.41) is 0.520. The van der Waals surface area contributed by atoms with Crippen molar-refractivity contribution in [2.24, 2.45) is 0 Å². The van der Waals surface area contributed by atoms with Crippen LogP contribution in [0.3, 0.4) is 0 Å². The second-order valence-electron chi connectivity index (χ2n) is 6.40. The quantitative estimate of drug-likeness (QED) is 0.384. The van der Waals surface area contributed by atoms with Crippen LogP contribution in [0.5, 0.6) is 0 Å².